The van der Waals surface area contributed by atoms with Crippen LogP contribution in [0.15, 0.2) is 0 Å². The molecule has 1 saturated carbocycles. The molecule has 0 spiro atoms. The van der Waals surface area contributed by atoms with Gasteiger partial charge in [-0.1, -0.05) is 26.2 Å². The molecular formula is C13H27NOS. The van der Waals surface area contributed by atoms with Gasteiger partial charge in [-0.2, -0.15) is 11.8 Å². The SMILES string of the molecule is CCC(CSC)N(C)CC1(O)CCCCC1. The number of hydrogen-bond donors (Lipinski definition) is 1. The first kappa shape index (κ1) is 14.3. The first-order valence-electron chi connectivity index (χ1n) is 6.53. The average Bonchev–Trinajstić information content (AvgIpc) is 2.26. The zero-order valence-corrected chi connectivity index (χ0v) is 11.9. The monoisotopic (exact) mass is 245 g/mol. The van der Waals surface area contributed by atoms with Crippen molar-refractivity contribution in [1.82, 2.24) is 4.90 Å². The highest BCUT2D eigenvalue weighted by Gasteiger charge is 2.31. The number of aliphatic hydroxyl groups is 1. The Labute approximate surface area is 105 Å². The molecule has 96 valence electrons. The summed E-state index contributed by atoms with van der Waals surface area (Å²) >= 11 is 1.90. The summed E-state index contributed by atoms with van der Waals surface area (Å²) in [5, 5.41) is 10.5. The molecule has 0 bridgehead atoms. The van der Waals surface area contributed by atoms with Crippen LogP contribution in [0, 0.1) is 0 Å². The molecule has 1 N–H and O–H groups in total. The van der Waals surface area contributed by atoms with E-state index in [1.54, 1.807) is 0 Å². The number of likely N-dealkylation sites (N-methyl/N-ethyl adjacent to an activating group) is 1. The van der Waals surface area contributed by atoms with Crippen molar-refractivity contribution in [3.63, 3.8) is 0 Å². The van der Waals surface area contributed by atoms with Gasteiger partial charge in [-0.15, -0.1) is 0 Å². The molecule has 1 atom stereocenters. The molecule has 2 nitrogen and oxygen atoms in total. The minimum atomic E-state index is -0.404. The number of rotatable bonds is 6. The van der Waals surface area contributed by atoms with Crippen LogP contribution in [0.5, 0.6) is 0 Å². The van der Waals surface area contributed by atoms with E-state index >= 15 is 0 Å². The van der Waals surface area contributed by atoms with Gasteiger partial charge in [0.25, 0.3) is 0 Å². The van der Waals surface area contributed by atoms with Gasteiger partial charge in [0.2, 0.25) is 0 Å². The second-order valence-electron chi connectivity index (χ2n) is 5.22. The summed E-state index contributed by atoms with van der Waals surface area (Å²) in [6.07, 6.45) is 9.01. The van der Waals surface area contributed by atoms with Crippen molar-refractivity contribution in [3.8, 4) is 0 Å². The van der Waals surface area contributed by atoms with E-state index in [1.165, 1.54) is 31.4 Å². The third kappa shape index (κ3) is 4.27. The van der Waals surface area contributed by atoms with Gasteiger partial charge in [-0.25, -0.2) is 0 Å². The number of hydrogen-bond acceptors (Lipinski definition) is 3. The van der Waals surface area contributed by atoms with E-state index in [1.807, 2.05) is 11.8 Å². The van der Waals surface area contributed by atoms with Crippen LogP contribution in [0.4, 0.5) is 0 Å². The lowest BCUT2D eigenvalue weighted by Gasteiger charge is -2.38. The third-order valence-electron chi connectivity index (χ3n) is 3.78. The highest BCUT2D eigenvalue weighted by atomic mass is 32.2. The normalized spacial score (nSPS) is 22.3. The first-order chi connectivity index (χ1) is 7.61. The Morgan fingerprint density at radius 3 is 2.44 bits per heavy atom. The number of thioether (sulfide) groups is 1. The van der Waals surface area contributed by atoms with Crippen LogP contribution >= 0.6 is 11.8 Å². The van der Waals surface area contributed by atoms with E-state index in [9.17, 15) is 5.11 Å². The van der Waals surface area contributed by atoms with E-state index in [0.717, 1.165) is 19.4 Å². The van der Waals surface area contributed by atoms with Gasteiger partial charge < -0.3 is 5.11 Å². The van der Waals surface area contributed by atoms with Crippen LogP contribution in [0.1, 0.15) is 45.4 Å². The Balaban J connectivity index is 2.43. The van der Waals surface area contributed by atoms with E-state index < -0.39 is 5.60 Å². The zero-order valence-electron chi connectivity index (χ0n) is 11.0. The Morgan fingerprint density at radius 1 is 1.31 bits per heavy atom. The van der Waals surface area contributed by atoms with E-state index in [4.69, 9.17) is 0 Å². The van der Waals surface area contributed by atoms with Gasteiger partial charge in [0, 0.05) is 18.3 Å². The molecule has 1 aliphatic carbocycles. The second-order valence-corrected chi connectivity index (χ2v) is 6.13. The smallest absolute Gasteiger partial charge is 0.0774 e. The summed E-state index contributed by atoms with van der Waals surface area (Å²) in [5.41, 5.74) is -0.404. The summed E-state index contributed by atoms with van der Waals surface area (Å²) in [7, 11) is 2.16. The van der Waals surface area contributed by atoms with Crippen molar-refractivity contribution >= 4 is 11.8 Å². The Hall–Kier alpha value is 0.270. The molecule has 1 fully saturated rings. The lowest BCUT2D eigenvalue weighted by atomic mass is 9.84. The summed E-state index contributed by atoms with van der Waals surface area (Å²) in [5.74, 6) is 1.17. The summed E-state index contributed by atoms with van der Waals surface area (Å²) in [4.78, 5) is 2.36. The number of nitrogens with zero attached hydrogens (tertiary/aromatic N) is 1. The molecule has 0 aliphatic heterocycles. The molecule has 1 rings (SSSR count). The fraction of sp³-hybridized carbons (Fsp3) is 1.00. The van der Waals surface area contributed by atoms with Gasteiger partial charge in [0.05, 0.1) is 5.60 Å². The van der Waals surface area contributed by atoms with Gasteiger partial charge in [0.1, 0.15) is 0 Å². The van der Waals surface area contributed by atoms with Gasteiger partial charge in [-0.3, -0.25) is 4.90 Å². The van der Waals surface area contributed by atoms with Crippen molar-refractivity contribution in [2.75, 3.05) is 25.6 Å². The fourth-order valence-electron chi connectivity index (χ4n) is 2.71. The summed E-state index contributed by atoms with van der Waals surface area (Å²) < 4.78 is 0. The van der Waals surface area contributed by atoms with Crippen LogP contribution in [0.3, 0.4) is 0 Å². The maximum absolute atomic E-state index is 10.5. The first-order valence-corrected chi connectivity index (χ1v) is 7.92. The topological polar surface area (TPSA) is 23.5 Å². The van der Waals surface area contributed by atoms with Crippen LogP contribution in [-0.2, 0) is 0 Å². The fourth-order valence-corrected chi connectivity index (χ4v) is 3.59. The second kappa shape index (κ2) is 6.87. The summed E-state index contributed by atoms with van der Waals surface area (Å²) in [6, 6.07) is 0.612. The van der Waals surface area contributed by atoms with E-state index in [2.05, 4.69) is 25.1 Å². The van der Waals surface area contributed by atoms with E-state index in [0.29, 0.717) is 6.04 Å². The minimum Gasteiger partial charge on any atom is -0.389 e. The standard InChI is InChI=1S/C13H27NOS/c1-4-12(10-16-3)14(2)11-13(15)8-6-5-7-9-13/h12,15H,4-11H2,1-3H3. The molecule has 0 saturated heterocycles. The highest BCUT2D eigenvalue weighted by molar-refractivity contribution is 7.98. The molecule has 1 unspecified atom stereocenters. The molecule has 0 aromatic rings. The predicted molar refractivity (Wildman–Crippen MR) is 73.1 cm³/mol. The van der Waals surface area contributed by atoms with Crippen molar-refractivity contribution in [2.45, 2.75) is 57.1 Å². The van der Waals surface area contributed by atoms with Crippen LogP contribution < -0.4 is 0 Å². The predicted octanol–water partition coefficient (Wildman–Crippen LogP) is 2.76. The molecule has 0 heterocycles. The molecule has 3 heteroatoms. The van der Waals surface area contributed by atoms with E-state index in [-0.39, 0.29) is 0 Å². The van der Waals surface area contributed by atoms with Gasteiger partial charge >= 0.3 is 0 Å². The maximum atomic E-state index is 10.5. The Morgan fingerprint density at radius 2 is 1.94 bits per heavy atom. The zero-order chi connectivity index (χ0) is 12.0. The molecule has 0 aromatic heterocycles. The molecule has 0 radical (unpaired) electrons. The van der Waals surface area contributed by atoms with Crippen LogP contribution in [0.25, 0.3) is 0 Å². The summed E-state index contributed by atoms with van der Waals surface area (Å²) in [6.45, 7) is 3.09. The molecule has 16 heavy (non-hydrogen) atoms. The lowest BCUT2D eigenvalue weighted by Crippen LogP contribution is -2.47. The molecular weight excluding hydrogens is 218 g/mol. The van der Waals surface area contributed by atoms with Crippen molar-refractivity contribution in [3.05, 3.63) is 0 Å². The van der Waals surface area contributed by atoms with Crippen LogP contribution in [-0.4, -0.2) is 47.3 Å². The Bertz CT molecular complexity index is 192. The third-order valence-corrected chi connectivity index (χ3v) is 4.50. The van der Waals surface area contributed by atoms with Crippen LogP contribution in [0.2, 0.25) is 0 Å². The van der Waals surface area contributed by atoms with Crippen molar-refractivity contribution < 1.29 is 5.11 Å². The quantitative estimate of drug-likeness (QED) is 0.778. The van der Waals surface area contributed by atoms with Gasteiger partial charge in [-0.05, 0) is 32.6 Å². The lowest BCUT2D eigenvalue weighted by molar-refractivity contribution is -0.0276. The minimum absolute atomic E-state index is 0.404. The molecule has 0 aromatic carbocycles. The average molecular weight is 245 g/mol. The highest BCUT2D eigenvalue weighted by Crippen LogP contribution is 2.29. The van der Waals surface area contributed by atoms with Crippen molar-refractivity contribution in [1.29, 1.82) is 0 Å². The molecule has 0 amide bonds. The Kier molecular flexibility index (Phi) is 6.16. The molecule has 1 aliphatic rings. The largest absolute Gasteiger partial charge is 0.389 e. The maximum Gasteiger partial charge on any atom is 0.0774 e. The van der Waals surface area contributed by atoms with Crippen molar-refractivity contribution in [2.24, 2.45) is 0 Å². The van der Waals surface area contributed by atoms with Gasteiger partial charge in [0.15, 0.2) is 0 Å².